The summed E-state index contributed by atoms with van der Waals surface area (Å²) in [6, 6.07) is 7.26. The molecule has 126 valence electrons. The van der Waals surface area contributed by atoms with Crippen molar-refractivity contribution in [2.75, 3.05) is 20.3 Å². The van der Waals surface area contributed by atoms with Gasteiger partial charge >= 0.3 is 6.09 Å². The van der Waals surface area contributed by atoms with E-state index < -0.39 is 23.9 Å². The maximum atomic E-state index is 12.0. The van der Waals surface area contributed by atoms with Crippen LogP contribution < -0.4 is 21.1 Å². The lowest BCUT2D eigenvalue weighted by molar-refractivity contribution is -0.127. The first-order valence-electron chi connectivity index (χ1n) is 7.11. The normalized spacial score (nSPS) is 11.3. The average Bonchev–Trinajstić information content (AvgIpc) is 2.51. The molecule has 0 aromatic heterocycles. The van der Waals surface area contributed by atoms with Crippen LogP contribution in [0, 0.1) is 0 Å². The van der Waals surface area contributed by atoms with Gasteiger partial charge in [-0.1, -0.05) is 18.2 Å². The predicted octanol–water partition coefficient (Wildman–Crippen LogP) is 0.172. The molecule has 0 fully saturated rings. The smallest absolute Gasteiger partial charge is 0.410 e. The number of carbonyl (C=O) groups is 3. The van der Waals surface area contributed by atoms with Crippen molar-refractivity contribution in [1.29, 1.82) is 0 Å². The van der Waals surface area contributed by atoms with Crippen molar-refractivity contribution in [3.8, 4) is 5.75 Å². The Hall–Kier alpha value is -2.61. The number of nitrogens with two attached hydrogens (primary N) is 1. The van der Waals surface area contributed by atoms with Gasteiger partial charge in [0.1, 0.15) is 11.8 Å². The van der Waals surface area contributed by atoms with E-state index in [1.165, 1.54) is 0 Å². The van der Waals surface area contributed by atoms with E-state index in [4.69, 9.17) is 15.2 Å². The molecule has 0 saturated heterocycles. The van der Waals surface area contributed by atoms with Gasteiger partial charge in [0.05, 0.1) is 6.42 Å². The Morgan fingerprint density at radius 1 is 1.22 bits per heavy atom. The Morgan fingerprint density at radius 2 is 1.91 bits per heavy atom. The van der Waals surface area contributed by atoms with Crippen LogP contribution in [0.1, 0.15) is 12.8 Å². The number of hydrogen-bond acceptors (Lipinski definition) is 5. The topological polar surface area (TPSA) is 120 Å². The fraction of sp³-hybridized carbons (Fsp3) is 0.400. The molecular formula is C15H21N3O5. The summed E-state index contributed by atoms with van der Waals surface area (Å²) in [6.45, 7) is 0.849. The Labute approximate surface area is 134 Å². The summed E-state index contributed by atoms with van der Waals surface area (Å²) in [5.74, 6) is -0.893. The first-order valence-corrected chi connectivity index (χ1v) is 7.11. The van der Waals surface area contributed by atoms with E-state index in [1.807, 2.05) is 0 Å². The molecule has 3 amide bonds. The molecule has 0 heterocycles. The summed E-state index contributed by atoms with van der Waals surface area (Å²) >= 11 is 0. The molecule has 8 nitrogen and oxygen atoms in total. The molecule has 0 unspecified atom stereocenters. The molecule has 1 atom stereocenters. The molecule has 4 N–H and O–H groups in total. The van der Waals surface area contributed by atoms with Crippen LogP contribution in [0.5, 0.6) is 5.75 Å². The summed E-state index contributed by atoms with van der Waals surface area (Å²) in [5.41, 5.74) is 5.10. The van der Waals surface area contributed by atoms with Gasteiger partial charge in [-0.2, -0.15) is 0 Å². The molecule has 1 rings (SSSR count). The summed E-state index contributed by atoms with van der Waals surface area (Å²) in [5, 5.41) is 4.93. The Balaban J connectivity index is 2.54. The van der Waals surface area contributed by atoms with Gasteiger partial charge in [0, 0.05) is 20.3 Å². The highest BCUT2D eigenvalue weighted by atomic mass is 16.6. The fourth-order valence-corrected chi connectivity index (χ4v) is 1.73. The standard InChI is InChI=1S/C15H21N3O5/c1-22-9-5-8-17-14(20)12(10-13(16)19)18-15(21)23-11-6-3-2-4-7-11/h2-4,6-7,12H,5,8-10H2,1H3,(H2,16,19)(H,17,20)(H,18,21)/t12-/m0/s1. The fourth-order valence-electron chi connectivity index (χ4n) is 1.73. The molecule has 0 bridgehead atoms. The van der Waals surface area contributed by atoms with Gasteiger partial charge < -0.3 is 25.8 Å². The summed E-state index contributed by atoms with van der Waals surface area (Å²) in [4.78, 5) is 34.9. The molecule has 8 heteroatoms. The second-order valence-corrected chi connectivity index (χ2v) is 4.71. The number of rotatable bonds is 9. The van der Waals surface area contributed by atoms with Gasteiger partial charge in [0.15, 0.2) is 0 Å². The maximum Gasteiger partial charge on any atom is 0.413 e. The number of nitrogens with one attached hydrogen (secondary N) is 2. The van der Waals surface area contributed by atoms with Crippen molar-refractivity contribution in [3.05, 3.63) is 30.3 Å². The zero-order chi connectivity index (χ0) is 17.1. The molecule has 1 aromatic carbocycles. The van der Waals surface area contributed by atoms with Crippen LogP contribution in [0.25, 0.3) is 0 Å². The van der Waals surface area contributed by atoms with Gasteiger partial charge in [0.2, 0.25) is 11.8 Å². The van der Waals surface area contributed by atoms with Crippen LogP contribution in [0.2, 0.25) is 0 Å². The predicted molar refractivity (Wildman–Crippen MR) is 82.7 cm³/mol. The number of amides is 3. The largest absolute Gasteiger partial charge is 0.413 e. The zero-order valence-electron chi connectivity index (χ0n) is 12.9. The number of methoxy groups -OCH3 is 1. The van der Waals surface area contributed by atoms with E-state index in [2.05, 4.69) is 10.6 Å². The number of carbonyl (C=O) groups excluding carboxylic acids is 3. The number of hydrogen-bond donors (Lipinski definition) is 3. The minimum Gasteiger partial charge on any atom is -0.410 e. The van der Waals surface area contributed by atoms with Crippen molar-refractivity contribution in [2.24, 2.45) is 5.73 Å². The van der Waals surface area contributed by atoms with E-state index in [9.17, 15) is 14.4 Å². The monoisotopic (exact) mass is 323 g/mol. The van der Waals surface area contributed by atoms with Gasteiger partial charge in [-0.3, -0.25) is 9.59 Å². The second-order valence-electron chi connectivity index (χ2n) is 4.71. The number of primary amides is 1. The lowest BCUT2D eigenvalue weighted by Gasteiger charge is -2.17. The van der Waals surface area contributed by atoms with Crippen LogP contribution in [-0.4, -0.2) is 44.2 Å². The van der Waals surface area contributed by atoms with E-state index >= 15 is 0 Å². The minimum atomic E-state index is -1.09. The molecule has 1 aromatic rings. The molecule has 0 spiro atoms. The highest BCUT2D eigenvalue weighted by Gasteiger charge is 2.23. The van der Waals surface area contributed by atoms with Crippen LogP contribution in [0.3, 0.4) is 0 Å². The van der Waals surface area contributed by atoms with Crippen LogP contribution in [0.15, 0.2) is 30.3 Å². The molecule has 0 aliphatic carbocycles. The van der Waals surface area contributed by atoms with Crippen molar-refractivity contribution < 1.29 is 23.9 Å². The summed E-state index contributed by atoms with van der Waals surface area (Å²) in [7, 11) is 1.55. The molecule has 0 aliphatic heterocycles. The molecule has 23 heavy (non-hydrogen) atoms. The number of benzene rings is 1. The van der Waals surface area contributed by atoms with Gasteiger partial charge in [0.25, 0.3) is 0 Å². The third-order valence-electron chi connectivity index (χ3n) is 2.79. The molecule has 0 aliphatic rings. The molecular weight excluding hydrogens is 302 g/mol. The van der Waals surface area contributed by atoms with Gasteiger partial charge in [-0.25, -0.2) is 4.79 Å². The SMILES string of the molecule is COCCCNC(=O)[C@H](CC(N)=O)NC(=O)Oc1ccccc1. The summed E-state index contributed by atoms with van der Waals surface area (Å²) < 4.78 is 9.88. The van der Waals surface area contributed by atoms with Crippen LogP contribution in [0.4, 0.5) is 4.79 Å². The third-order valence-corrected chi connectivity index (χ3v) is 2.79. The lowest BCUT2D eigenvalue weighted by Crippen LogP contribution is -2.49. The molecule has 0 saturated carbocycles. The third kappa shape index (κ3) is 7.82. The first kappa shape index (κ1) is 18.4. The minimum absolute atomic E-state index is 0.319. The van der Waals surface area contributed by atoms with Crippen molar-refractivity contribution in [1.82, 2.24) is 10.6 Å². The Bertz CT molecular complexity index is 521. The van der Waals surface area contributed by atoms with Crippen LogP contribution in [-0.2, 0) is 14.3 Å². The van der Waals surface area contributed by atoms with Crippen LogP contribution >= 0.6 is 0 Å². The van der Waals surface area contributed by atoms with Crippen molar-refractivity contribution >= 4 is 17.9 Å². The second kappa shape index (κ2) is 10.2. The lowest BCUT2D eigenvalue weighted by atomic mass is 10.2. The summed E-state index contributed by atoms with van der Waals surface area (Å²) in [6.07, 6.45) is -0.547. The van der Waals surface area contributed by atoms with E-state index in [1.54, 1.807) is 37.4 Å². The van der Waals surface area contributed by atoms with Gasteiger partial charge in [-0.15, -0.1) is 0 Å². The van der Waals surface area contributed by atoms with Crippen molar-refractivity contribution in [2.45, 2.75) is 18.9 Å². The van der Waals surface area contributed by atoms with E-state index in [0.29, 0.717) is 25.3 Å². The highest BCUT2D eigenvalue weighted by Crippen LogP contribution is 2.08. The number of ether oxygens (including phenoxy) is 2. The van der Waals surface area contributed by atoms with Gasteiger partial charge in [-0.05, 0) is 18.6 Å². The average molecular weight is 323 g/mol. The number of para-hydroxylation sites is 1. The Kier molecular flexibility index (Phi) is 8.16. The van der Waals surface area contributed by atoms with E-state index in [0.717, 1.165) is 0 Å². The maximum absolute atomic E-state index is 12.0. The Morgan fingerprint density at radius 3 is 2.52 bits per heavy atom. The molecule has 0 radical (unpaired) electrons. The first-order chi connectivity index (χ1) is 11.0. The zero-order valence-corrected chi connectivity index (χ0v) is 12.9. The van der Waals surface area contributed by atoms with E-state index in [-0.39, 0.29) is 6.42 Å². The highest BCUT2D eigenvalue weighted by molar-refractivity contribution is 5.90. The van der Waals surface area contributed by atoms with Crippen molar-refractivity contribution in [3.63, 3.8) is 0 Å². The quantitative estimate of drug-likeness (QED) is 0.560.